The maximum absolute atomic E-state index is 10.4. The SMILES string of the molecule is O.O=C(O)Cc1cc2ccccc2[nH]1.[Zn]. The number of carboxylic acids is 1. The summed E-state index contributed by atoms with van der Waals surface area (Å²) in [6.07, 6.45) is 0.0503. The molecule has 0 aliphatic carbocycles. The molecule has 0 aliphatic heterocycles. The van der Waals surface area contributed by atoms with E-state index in [0.29, 0.717) is 0 Å². The molecule has 1 aromatic heterocycles. The average Bonchev–Trinajstić information content (AvgIpc) is 2.44. The van der Waals surface area contributed by atoms with E-state index >= 15 is 0 Å². The fourth-order valence-electron chi connectivity index (χ4n) is 1.39. The van der Waals surface area contributed by atoms with Crippen molar-refractivity contribution in [2.45, 2.75) is 6.42 Å². The Hall–Kier alpha value is -1.19. The first-order valence-electron chi connectivity index (χ1n) is 4.04. The number of hydrogen-bond acceptors (Lipinski definition) is 1. The Balaban J connectivity index is 0.000000980. The standard InChI is InChI=1S/C10H9NO2.H2O.Zn/c12-10(13)6-8-5-7-3-1-2-4-9(7)11-8;;/h1-5,11H,6H2,(H,12,13);1H2;. The van der Waals surface area contributed by atoms with Gasteiger partial charge in [0.2, 0.25) is 0 Å². The van der Waals surface area contributed by atoms with Gasteiger partial charge in [0.05, 0.1) is 6.42 Å². The van der Waals surface area contributed by atoms with E-state index in [-0.39, 0.29) is 31.4 Å². The second kappa shape index (κ2) is 5.64. The van der Waals surface area contributed by atoms with Gasteiger partial charge >= 0.3 is 5.97 Å². The van der Waals surface area contributed by atoms with E-state index in [1.54, 1.807) is 0 Å². The molecule has 5 heteroatoms. The van der Waals surface area contributed by atoms with Gasteiger partial charge in [-0.2, -0.15) is 0 Å². The van der Waals surface area contributed by atoms with Crippen LogP contribution in [-0.2, 0) is 30.7 Å². The van der Waals surface area contributed by atoms with Crippen molar-refractivity contribution < 1.29 is 34.9 Å². The molecule has 0 saturated carbocycles. The number of carboxylic acid groups (broad SMARTS) is 1. The van der Waals surface area contributed by atoms with Crippen molar-refractivity contribution in [3.05, 3.63) is 36.0 Å². The first-order chi connectivity index (χ1) is 6.25. The predicted molar refractivity (Wildman–Crippen MR) is 53.3 cm³/mol. The molecule has 0 saturated heterocycles. The molecule has 15 heavy (non-hydrogen) atoms. The quantitative estimate of drug-likeness (QED) is 0.787. The summed E-state index contributed by atoms with van der Waals surface area (Å²) < 4.78 is 0. The Labute approximate surface area is 99.4 Å². The van der Waals surface area contributed by atoms with Crippen LogP contribution < -0.4 is 0 Å². The maximum Gasteiger partial charge on any atom is 0.309 e. The van der Waals surface area contributed by atoms with Gasteiger partial charge in [0.1, 0.15) is 0 Å². The number of rotatable bonds is 2. The Bertz CT molecular complexity index is 420. The largest absolute Gasteiger partial charge is 0.481 e. The van der Waals surface area contributed by atoms with Gasteiger partial charge < -0.3 is 15.6 Å². The molecule has 0 fully saturated rings. The number of para-hydroxylation sites is 1. The van der Waals surface area contributed by atoms with Gasteiger partial charge in [-0.05, 0) is 17.5 Å². The summed E-state index contributed by atoms with van der Waals surface area (Å²) in [6, 6.07) is 9.60. The molecule has 0 amide bonds. The molecule has 0 unspecified atom stereocenters. The van der Waals surface area contributed by atoms with Crippen LogP contribution in [0, 0.1) is 0 Å². The normalized spacial score (nSPS) is 9.07. The van der Waals surface area contributed by atoms with E-state index in [9.17, 15) is 4.79 Å². The van der Waals surface area contributed by atoms with Crippen LogP contribution in [0.25, 0.3) is 10.9 Å². The number of hydrogen-bond donors (Lipinski definition) is 2. The molecule has 4 nitrogen and oxygen atoms in total. The van der Waals surface area contributed by atoms with E-state index in [2.05, 4.69) is 4.98 Å². The van der Waals surface area contributed by atoms with Crippen molar-refractivity contribution in [1.82, 2.24) is 4.98 Å². The van der Waals surface area contributed by atoms with Crippen molar-refractivity contribution in [2.24, 2.45) is 0 Å². The number of nitrogens with one attached hydrogen (secondary N) is 1. The Morgan fingerprint density at radius 3 is 2.60 bits per heavy atom. The molecule has 0 aliphatic rings. The summed E-state index contributed by atoms with van der Waals surface area (Å²) in [5.41, 5.74) is 1.73. The molecular formula is C10H11NO3Zn. The van der Waals surface area contributed by atoms with Gasteiger partial charge in [-0.25, -0.2) is 0 Å². The van der Waals surface area contributed by atoms with E-state index in [1.807, 2.05) is 30.3 Å². The van der Waals surface area contributed by atoms with Gasteiger partial charge in [-0.15, -0.1) is 0 Å². The van der Waals surface area contributed by atoms with Crippen LogP contribution in [-0.4, -0.2) is 21.5 Å². The number of fused-ring (bicyclic) bond motifs is 1. The third-order valence-corrected chi connectivity index (χ3v) is 1.93. The molecule has 4 N–H and O–H groups in total. The Kier molecular flexibility index (Phi) is 5.19. The monoisotopic (exact) mass is 257 g/mol. The number of aromatic nitrogens is 1. The van der Waals surface area contributed by atoms with E-state index in [4.69, 9.17) is 5.11 Å². The molecule has 1 heterocycles. The molecule has 2 rings (SSSR count). The van der Waals surface area contributed by atoms with Crippen LogP contribution in [0.1, 0.15) is 5.69 Å². The Morgan fingerprint density at radius 2 is 2.00 bits per heavy atom. The summed E-state index contributed by atoms with van der Waals surface area (Å²) in [5, 5.41) is 9.63. The first kappa shape index (κ1) is 13.8. The average molecular weight is 259 g/mol. The summed E-state index contributed by atoms with van der Waals surface area (Å²) in [5.74, 6) is -0.813. The second-order valence-electron chi connectivity index (χ2n) is 2.95. The molecule has 0 spiro atoms. The minimum absolute atomic E-state index is 0. The van der Waals surface area contributed by atoms with Crippen LogP contribution in [0.3, 0.4) is 0 Å². The van der Waals surface area contributed by atoms with Crippen molar-refractivity contribution in [1.29, 1.82) is 0 Å². The zero-order valence-electron chi connectivity index (χ0n) is 8.16. The summed E-state index contributed by atoms with van der Waals surface area (Å²) in [7, 11) is 0. The van der Waals surface area contributed by atoms with Crippen molar-refractivity contribution in [3.8, 4) is 0 Å². The van der Waals surface area contributed by atoms with Crippen molar-refractivity contribution in [3.63, 3.8) is 0 Å². The third kappa shape index (κ3) is 3.15. The topological polar surface area (TPSA) is 84.6 Å². The van der Waals surface area contributed by atoms with Crippen LogP contribution in [0.15, 0.2) is 30.3 Å². The van der Waals surface area contributed by atoms with Crippen LogP contribution in [0.2, 0.25) is 0 Å². The number of aromatic amines is 1. The minimum atomic E-state index is -0.813. The second-order valence-corrected chi connectivity index (χ2v) is 2.95. The van der Waals surface area contributed by atoms with Crippen LogP contribution in [0.4, 0.5) is 0 Å². The number of H-pyrrole nitrogens is 1. The van der Waals surface area contributed by atoms with Gasteiger partial charge in [0.25, 0.3) is 0 Å². The first-order valence-corrected chi connectivity index (χ1v) is 4.04. The number of aliphatic carboxylic acids is 1. The van der Waals surface area contributed by atoms with E-state index in [0.717, 1.165) is 16.6 Å². The zero-order chi connectivity index (χ0) is 9.26. The van der Waals surface area contributed by atoms with E-state index < -0.39 is 5.97 Å². The maximum atomic E-state index is 10.4. The van der Waals surface area contributed by atoms with Gasteiger partial charge in [-0.3, -0.25) is 4.79 Å². The molecule has 2 aromatic rings. The molecule has 0 bridgehead atoms. The zero-order valence-corrected chi connectivity index (χ0v) is 11.1. The molecule has 0 radical (unpaired) electrons. The van der Waals surface area contributed by atoms with Crippen molar-refractivity contribution in [2.75, 3.05) is 0 Å². The number of benzene rings is 1. The van der Waals surface area contributed by atoms with Gasteiger partial charge in [-0.1, -0.05) is 18.2 Å². The number of carbonyl (C=O) groups is 1. The smallest absolute Gasteiger partial charge is 0.309 e. The summed E-state index contributed by atoms with van der Waals surface area (Å²) in [4.78, 5) is 13.5. The fourth-order valence-corrected chi connectivity index (χ4v) is 1.39. The summed E-state index contributed by atoms with van der Waals surface area (Å²) >= 11 is 0. The summed E-state index contributed by atoms with van der Waals surface area (Å²) in [6.45, 7) is 0. The molecule has 1 aromatic carbocycles. The molecule has 76 valence electrons. The fraction of sp³-hybridized carbons (Fsp3) is 0.100. The van der Waals surface area contributed by atoms with Crippen molar-refractivity contribution >= 4 is 16.9 Å². The Morgan fingerprint density at radius 1 is 1.33 bits per heavy atom. The van der Waals surface area contributed by atoms with Crippen LogP contribution >= 0.6 is 0 Å². The molecular weight excluding hydrogens is 248 g/mol. The third-order valence-electron chi connectivity index (χ3n) is 1.93. The van der Waals surface area contributed by atoms with E-state index in [1.165, 1.54) is 0 Å². The van der Waals surface area contributed by atoms with Crippen LogP contribution in [0.5, 0.6) is 0 Å². The predicted octanol–water partition coefficient (Wildman–Crippen LogP) is 0.968. The van der Waals surface area contributed by atoms with Gasteiger partial charge in [0.15, 0.2) is 0 Å². The minimum Gasteiger partial charge on any atom is -0.481 e. The molecule has 0 atom stereocenters. The van der Waals surface area contributed by atoms with Gasteiger partial charge in [0, 0.05) is 30.7 Å².